The van der Waals surface area contributed by atoms with Crippen molar-refractivity contribution in [3.8, 4) is 11.3 Å². The van der Waals surface area contributed by atoms with Gasteiger partial charge in [0.2, 0.25) is 5.78 Å². The Hall–Kier alpha value is -2.99. The first-order valence-electron chi connectivity index (χ1n) is 8.15. The molecule has 3 heterocycles. The molecule has 0 fully saturated rings. The van der Waals surface area contributed by atoms with Gasteiger partial charge in [0.1, 0.15) is 5.69 Å². The molecule has 7 heteroatoms. The number of nitrogens with zero attached hydrogens (tertiary/aromatic N) is 5. The topological polar surface area (TPSA) is 65.1 Å². The largest absolute Gasteiger partial charge is 0.292 e. The molecule has 4 rings (SSSR count). The van der Waals surface area contributed by atoms with E-state index in [9.17, 15) is 4.79 Å². The second-order valence-corrected chi connectivity index (χ2v) is 6.47. The number of hydrogen-bond acceptors (Lipinski definition) is 4. The Morgan fingerprint density at radius 3 is 2.62 bits per heavy atom. The van der Waals surface area contributed by atoms with Crippen LogP contribution in [0.5, 0.6) is 0 Å². The number of Topliss-reactive ketones (excluding diaryl/α,β-unsaturated/α-hetero) is 1. The van der Waals surface area contributed by atoms with Crippen LogP contribution in [0.15, 0.2) is 48.8 Å². The minimum absolute atomic E-state index is 0.121. The van der Waals surface area contributed by atoms with Crippen LogP contribution in [-0.2, 0) is 13.5 Å². The fraction of sp³-hybridized carbons (Fsp3) is 0.158. The molecule has 0 spiro atoms. The molecule has 3 aromatic heterocycles. The number of hydrogen-bond donors (Lipinski definition) is 0. The zero-order valence-corrected chi connectivity index (χ0v) is 15.1. The molecule has 130 valence electrons. The molecular weight excluding hydrogens is 350 g/mol. The molecular formula is C19H16ClN5O. The monoisotopic (exact) mass is 365 g/mol. The predicted molar refractivity (Wildman–Crippen MR) is 99.4 cm³/mol. The van der Waals surface area contributed by atoms with E-state index in [0.717, 1.165) is 11.3 Å². The van der Waals surface area contributed by atoms with E-state index in [1.165, 1.54) is 4.68 Å². The van der Waals surface area contributed by atoms with Gasteiger partial charge in [0.15, 0.2) is 5.78 Å². The van der Waals surface area contributed by atoms with E-state index < -0.39 is 0 Å². The van der Waals surface area contributed by atoms with E-state index in [2.05, 4.69) is 15.1 Å². The Morgan fingerprint density at radius 1 is 1.15 bits per heavy atom. The Bertz CT molecular complexity index is 1110. The molecule has 0 aliphatic rings. The third-order valence-electron chi connectivity index (χ3n) is 4.21. The highest BCUT2D eigenvalue weighted by Gasteiger charge is 2.19. The molecule has 0 saturated heterocycles. The van der Waals surface area contributed by atoms with E-state index in [0.29, 0.717) is 27.9 Å². The van der Waals surface area contributed by atoms with Gasteiger partial charge in [-0.2, -0.15) is 5.10 Å². The number of aryl methyl sites for hydroxylation is 2. The summed E-state index contributed by atoms with van der Waals surface area (Å²) in [5, 5.41) is 4.58. The smallest absolute Gasteiger partial charge is 0.234 e. The minimum atomic E-state index is -0.121. The van der Waals surface area contributed by atoms with Crippen LogP contribution >= 0.6 is 11.6 Å². The maximum atomic E-state index is 12.6. The van der Waals surface area contributed by atoms with E-state index in [-0.39, 0.29) is 12.2 Å². The van der Waals surface area contributed by atoms with Crippen molar-refractivity contribution in [2.24, 2.45) is 7.05 Å². The standard InChI is InChI=1S/C19H16ClN5O/c1-12-17(20)18(24(2)23-12)16(26)10-14-8-9-25-11-15(22-19(25)21-14)13-6-4-3-5-7-13/h3-9,11H,10H2,1-2H3. The lowest BCUT2D eigenvalue weighted by Crippen LogP contribution is -2.11. The number of halogens is 1. The maximum absolute atomic E-state index is 12.6. The molecule has 0 atom stereocenters. The zero-order valence-electron chi connectivity index (χ0n) is 14.3. The lowest BCUT2D eigenvalue weighted by atomic mass is 10.1. The molecule has 0 N–H and O–H groups in total. The molecule has 0 aliphatic heterocycles. The average molecular weight is 366 g/mol. The van der Waals surface area contributed by atoms with E-state index in [1.807, 2.05) is 53.2 Å². The number of benzene rings is 1. The number of carbonyl (C=O) groups excluding carboxylic acids is 1. The third kappa shape index (κ3) is 2.88. The van der Waals surface area contributed by atoms with E-state index in [4.69, 9.17) is 11.6 Å². The van der Waals surface area contributed by atoms with Gasteiger partial charge in [-0.25, -0.2) is 9.97 Å². The molecule has 0 amide bonds. The summed E-state index contributed by atoms with van der Waals surface area (Å²) in [4.78, 5) is 21.7. The molecule has 4 aromatic rings. The molecule has 0 bridgehead atoms. The lowest BCUT2D eigenvalue weighted by Gasteiger charge is -2.02. The van der Waals surface area contributed by atoms with Gasteiger partial charge in [0.05, 0.1) is 28.5 Å². The number of fused-ring (bicyclic) bond motifs is 1. The fourth-order valence-electron chi connectivity index (χ4n) is 2.94. The second-order valence-electron chi connectivity index (χ2n) is 6.09. The van der Waals surface area contributed by atoms with Crippen LogP contribution in [0.4, 0.5) is 0 Å². The van der Waals surface area contributed by atoms with Crippen molar-refractivity contribution >= 4 is 23.2 Å². The first-order valence-corrected chi connectivity index (χ1v) is 8.53. The van der Waals surface area contributed by atoms with Crippen molar-refractivity contribution in [1.82, 2.24) is 24.1 Å². The minimum Gasteiger partial charge on any atom is -0.292 e. The van der Waals surface area contributed by atoms with E-state index in [1.54, 1.807) is 14.0 Å². The highest BCUT2D eigenvalue weighted by molar-refractivity contribution is 6.34. The molecule has 0 radical (unpaired) electrons. The van der Waals surface area contributed by atoms with Crippen LogP contribution in [-0.4, -0.2) is 29.9 Å². The summed E-state index contributed by atoms with van der Waals surface area (Å²) in [6.45, 7) is 1.78. The zero-order chi connectivity index (χ0) is 18.3. The molecule has 6 nitrogen and oxygen atoms in total. The third-order valence-corrected chi connectivity index (χ3v) is 4.66. The van der Waals surface area contributed by atoms with Gasteiger partial charge in [-0.1, -0.05) is 41.9 Å². The quantitative estimate of drug-likeness (QED) is 0.519. The molecule has 0 aliphatic carbocycles. The summed E-state index contributed by atoms with van der Waals surface area (Å²) in [6.07, 6.45) is 3.92. The first-order chi connectivity index (χ1) is 12.5. The number of ketones is 1. The highest BCUT2D eigenvalue weighted by atomic mass is 35.5. The summed E-state index contributed by atoms with van der Waals surface area (Å²) in [7, 11) is 1.71. The SMILES string of the molecule is Cc1nn(C)c(C(=O)Cc2ccn3cc(-c4ccccc4)nc3n2)c1Cl. The Labute approximate surface area is 155 Å². The van der Waals surface area contributed by atoms with Crippen molar-refractivity contribution in [1.29, 1.82) is 0 Å². The summed E-state index contributed by atoms with van der Waals surface area (Å²) >= 11 is 6.20. The van der Waals surface area contributed by atoms with Crippen LogP contribution in [0, 0.1) is 6.92 Å². The molecule has 1 aromatic carbocycles. The van der Waals surface area contributed by atoms with Gasteiger partial charge in [-0.15, -0.1) is 0 Å². The van der Waals surface area contributed by atoms with Crippen LogP contribution in [0.25, 0.3) is 17.0 Å². The van der Waals surface area contributed by atoms with Crippen molar-refractivity contribution in [3.63, 3.8) is 0 Å². The molecule has 0 unspecified atom stereocenters. The maximum Gasteiger partial charge on any atom is 0.234 e. The number of rotatable bonds is 4. The number of imidazole rings is 1. The fourth-order valence-corrected chi connectivity index (χ4v) is 3.20. The normalized spacial score (nSPS) is 11.2. The lowest BCUT2D eigenvalue weighted by molar-refractivity contribution is 0.0983. The van der Waals surface area contributed by atoms with Crippen molar-refractivity contribution < 1.29 is 4.79 Å². The summed E-state index contributed by atoms with van der Waals surface area (Å²) in [6, 6.07) is 11.7. The van der Waals surface area contributed by atoms with Gasteiger partial charge >= 0.3 is 0 Å². The Balaban J connectivity index is 1.64. The van der Waals surface area contributed by atoms with Crippen molar-refractivity contribution in [3.05, 3.63) is 70.9 Å². The highest BCUT2D eigenvalue weighted by Crippen LogP contribution is 2.22. The Morgan fingerprint density at radius 2 is 1.92 bits per heavy atom. The van der Waals surface area contributed by atoms with Crippen LogP contribution < -0.4 is 0 Å². The Kier molecular flexibility index (Phi) is 4.05. The van der Waals surface area contributed by atoms with Crippen LogP contribution in [0.2, 0.25) is 5.02 Å². The molecule has 0 saturated carbocycles. The van der Waals surface area contributed by atoms with E-state index >= 15 is 0 Å². The summed E-state index contributed by atoms with van der Waals surface area (Å²) < 4.78 is 3.36. The summed E-state index contributed by atoms with van der Waals surface area (Å²) in [5.74, 6) is 0.436. The van der Waals surface area contributed by atoms with Gasteiger partial charge < -0.3 is 0 Å². The first kappa shape index (κ1) is 16.5. The van der Waals surface area contributed by atoms with Gasteiger partial charge in [0.25, 0.3) is 0 Å². The number of carbonyl (C=O) groups is 1. The van der Waals surface area contributed by atoms with Crippen LogP contribution in [0.1, 0.15) is 21.9 Å². The van der Waals surface area contributed by atoms with Gasteiger partial charge in [0, 0.05) is 25.0 Å². The van der Waals surface area contributed by atoms with Gasteiger partial charge in [-0.3, -0.25) is 13.9 Å². The van der Waals surface area contributed by atoms with Gasteiger partial charge in [-0.05, 0) is 13.0 Å². The average Bonchev–Trinajstić information content (AvgIpc) is 3.16. The summed E-state index contributed by atoms with van der Waals surface area (Å²) in [5.41, 5.74) is 3.54. The van der Waals surface area contributed by atoms with Crippen LogP contribution in [0.3, 0.4) is 0 Å². The second kappa shape index (κ2) is 6.38. The number of aromatic nitrogens is 5. The van der Waals surface area contributed by atoms with Crippen molar-refractivity contribution in [2.75, 3.05) is 0 Å². The van der Waals surface area contributed by atoms with Crippen molar-refractivity contribution in [2.45, 2.75) is 13.3 Å². The molecule has 26 heavy (non-hydrogen) atoms. The predicted octanol–water partition coefficient (Wildman–Crippen LogP) is 3.52.